The third-order valence-electron chi connectivity index (χ3n) is 6.00. The summed E-state index contributed by atoms with van der Waals surface area (Å²) in [6.45, 7) is 2.24. The number of likely N-dealkylation sites (tertiary alicyclic amines) is 1. The summed E-state index contributed by atoms with van der Waals surface area (Å²) in [5.41, 5.74) is 4.29. The van der Waals surface area contributed by atoms with Gasteiger partial charge >= 0.3 is 0 Å². The number of halogens is 2. The quantitative estimate of drug-likeness (QED) is 0.435. The zero-order valence-electron chi connectivity index (χ0n) is 17.6. The van der Waals surface area contributed by atoms with Crippen molar-refractivity contribution in [2.75, 3.05) is 13.2 Å². The van der Waals surface area contributed by atoms with Crippen LogP contribution >= 0.6 is 0 Å². The highest BCUT2D eigenvalue weighted by molar-refractivity contribution is 5.81. The minimum absolute atomic E-state index is 0.263. The predicted molar refractivity (Wildman–Crippen MR) is 118 cm³/mol. The Kier molecular flexibility index (Phi) is 5.81. The van der Waals surface area contributed by atoms with E-state index < -0.39 is 11.6 Å². The van der Waals surface area contributed by atoms with Gasteiger partial charge in [-0.1, -0.05) is 18.2 Å². The molecule has 0 aliphatic carbocycles. The van der Waals surface area contributed by atoms with E-state index >= 15 is 0 Å². The molecule has 5 rings (SSSR count). The van der Waals surface area contributed by atoms with Gasteiger partial charge in [0, 0.05) is 36.3 Å². The molecule has 7 heteroatoms. The van der Waals surface area contributed by atoms with Gasteiger partial charge in [0.15, 0.2) is 11.6 Å². The van der Waals surface area contributed by atoms with Gasteiger partial charge in [-0.05, 0) is 55.3 Å². The molecule has 1 aliphatic rings. The monoisotopic (exact) mass is 434 g/mol. The molecule has 0 spiro atoms. The van der Waals surface area contributed by atoms with E-state index in [-0.39, 0.29) is 6.04 Å². The number of fused-ring (bicyclic) bond motifs is 1. The summed E-state index contributed by atoms with van der Waals surface area (Å²) in [5.74, 6) is -1.47. The van der Waals surface area contributed by atoms with Crippen molar-refractivity contribution in [2.45, 2.75) is 31.8 Å². The van der Waals surface area contributed by atoms with E-state index in [1.807, 2.05) is 18.3 Å². The Balaban J connectivity index is 1.23. The van der Waals surface area contributed by atoms with E-state index in [4.69, 9.17) is 4.74 Å². The van der Waals surface area contributed by atoms with E-state index in [1.54, 1.807) is 0 Å². The van der Waals surface area contributed by atoms with Gasteiger partial charge in [-0.3, -0.25) is 15.0 Å². The molecule has 164 valence electrons. The van der Waals surface area contributed by atoms with Gasteiger partial charge in [-0.25, -0.2) is 8.78 Å². The highest BCUT2D eigenvalue weighted by atomic mass is 19.2. The Morgan fingerprint density at radius 2 is 1.97 bits per heavy atom. The highest BCUT2D eigenvalue weighted by Crippen LogP contribution is 2.33. The van der Waals surface area contributed by atoms with E-state index in [1.165, 1.54) is 17.0 Å². The number of para-hydroxylation sites is 1. The van der Waals surface area contributed by atoms with Gasteiger partial charge in [0.1, 0.15) is 5.75 Å². The van der Waals surface area contributed by atoms with Gasteiger partial charge in [0.25, 0.3) is 0 Å². The molecular formula is C25H24F2N4O. The lowest BCUT2D eigenvalue weighted by Gasteiger charge is -2.23. The summed E-state index contributed by atoms with van der Waals surface area (Å²) >= 11 is 0. The van der Waals surface area contributed by atoms with Gasteiger partial charge in [-0.15, -0.1) is 0 Å². The summed E-state index contributed by atoms with van der Waals surface area (Å²) in [7, 11) is 0. The molecule has 4 aromatic rings. The Morgan fingerprint density at radius 3 is 2.88 bits per heavy atom. The fraction of sp³-hybridized carbons (Fsp3) is 0.280. The maximum absolute atomic E-state index is 13.3. The smallest absolute Gasteiger partial charge is 0.162 e. The number of nitrogens with zero attached hydrogens (tertiary/aromatic N) is 3. The molecule has 0 saturated carbocycles. The number of aromatic nitrogens is 3. The molecule has 0 radical (unpaired) electrons. The van der Waals surface area contributed by atoms with Crippen molar-refractivity contribution in [1.82, 2.24) is 20.1 Å². The van der Waals surface area contributed by atoms with E-state index in [9.17, 15) is 8.78 Å². The Labute approximate surface area is 185 Å². The van der Waals surface area contributed by atoms with E-state index in [0.717, 1.165) is 55.0 Å². The Morgan fingerprint density at radius 1 is 1.06 bits per heavy atom. The average molecular weight is 434 g/mol. The zero-order chi connectivity index (χ0) is 21.9. The van der Waals surface area contributed by atoms with Crippen LogP contribution in [0.4, 0.5) is 8.78 Å². The summed E-state index contributed by atoms with van der Waals surface area (Å²) in [6, 6.07) is 16.2. The topological polar surface area (TPSA) is 54.0 Å². The van der Waals surface area contributed by atoms with Crippen LogP contribution in [-0.4, -0.2) is 33.2 Å². The van der Waals surface area contributed by atoms with Gasteiger partial charge < -0.3 is 4.74 Å². The van der Waals surface area contributed by atoms with Crippen LogP contribution < -0.4 is 4.74 Å². The fourth-order valence-corrected chi connectivity index (χ4v) is 4.39. The summed E-state index contributed by atoms with van der Waals surface area (Å²) in [5, 5.41) is 8.85. The Hall–Kier alpha value is -3.32. The van der Waals surface area contributed by atoms with Crippen molar-refractivity contribution in [3.63, 3.8) is 0 Å². The summed E-state index contributed by atoms with van der Waals surface area (Å²) in [4.78, 5) is 6.94. The van der Waals surface area contributed by atoms with Gasteiger partial charge in [0.05, 0.1) is 23.9 Å². The molecule has 3 heterocycles. The molecule has 1 atom stereocenters. The van der Waals surface area contributed by atoms with E-state index in [2.05, 4.69) is 44.3 Å². The second-order valence-electron chi connectivity index (χ2n) is 8.11. The van der Waals surface area contributed by atoms with E-state index in [0.29, 0.717) is 18.8 Å². The molecule has 1 unspecified atom stereocenters. The molecule has 32 heavy (non-hydrogen) atoms. The van der Waals surface area contributed by atoms with Gasteiger partial charge in [-0.2, -0.15) is 5.10 Å². The van der Waals surface area contributed by atoms with Crippen molar-refractivity contribution in [1.29, 1.82) is 0 Å². The first-order chi connectivity index (χ1) is 15.7. The van der Waals surface area contributed by atoms with Crippen LogP contribution in [0.5, 0.6) is 5.75 Å². The third kappa shape index (κ3) is 4.34. The lowest BCUT2D eigenvalue weighted by Crippen LogP contribution is -2.23. The lowest BCUT2D eigenvalue weighted by molar-refractivity contribution is 0.245. The third-order valence-corrected chi connectivity index (χ3v) is 6.00. The zero-order valence-corrected chi connectivity index (χ0v) is 17.6. The van der Waals surface area contributed by atoms with Crippen LogP contribution in [0.3, 0.4) is 0 Å². The van der Waals surface area contributed by atoms with Crippen LogP contribution in [0, 0.1) is 11.6 Å². The number of hydrogen-bond donors (Lipinski definition) is 1. The largest absolute Gasteiger partial charge is 0.493 e. The second-order valence-corrected chi connectivity index (χ2v) is 8.11. The van der Waals surface area contributed by atoms with Crippen molar-refractivity contribution >= 4 is 10.9 Å². The molecule has 0 bridgehead atoms. The standard InChI is InChI=1S/C25H24F2N4O/c26-21-8-7-19(15-22(21)27)32-13-10-18-14-24(30-29-18)25-6-3-12-31(25)16-17-9-11-28-23-5-2-1-4-20(17)23/h1-2,4-5,7-9,11,14-15,25H,3,6,10,12-13,16H2,(H,29,30). The second kappa shape index (κ2) is 9.04. The molecule has 1 fully saturated rings. The SMILES string of the molecule is Fc1ccc(OCCc2cc(C3CCCN3Cc3ccnc4ccccc34)n[nH]2)cc1F. The van der Waals surface area contributed by atoms with Crippen LogP contribution in [0.25, 0.3) is 10.9 Å². The number of benzene rings is 2. The predicted octanol–water partition coefficient (Wildman–Crippen LogP) is 5.19. The molecule has 2 aromatic heterocycles. The van der Waals surface area contributed by atoms with Crippen LogP contribution in [-0.2, 0) is 13.0 Å². The minimum Gasteiger partial charge on any atom is -0.493 e. The number of hydrogen-bond acceptors (Lipinski definition) is 4. The van der Waals surface area contributed by atoms with Crippen molar-refractivity contribution in [3.8, 4) is 5.75 Å². The average Bonchev–Trinajstić information content (AvgIpc) is 3.46. The summed E-state index contributed by atoms with van der Waals surface area (Å²) < 4.78 is 31.9. The van der Waals surface area contributed by atoms with Crippen LogP contribution in [0.1, 0.15) is 35.8 Å². The molecule has 5 nitrogen and oxygen atoms in total. The molecule has 1 saturated heterocycles. The number of H-pyrrole nitrogens is 1. The van der Waals surface area contributed by atoms with Gasteiger partial charge in [0.2, 0.25) is 0 Å². The molecular weight excluding hydrogens is 410 g/mol. The van der Waals surface area contributed by atoms with Crippen LogP contribution in [0.15, 0.2) is 60.8 Å². The fourth-order valence-electron chi connectivity index (χ4n) is 4.39. The normalized spacial score (nSPS) is 16.6. The minimum atomic E-state index is -0.908. The molecule has 2 aromatic carbocycles. The van der Waals surface area contributed by atoms with Crippen molar-refractivity contribution in [3.05, 3.63) is 89.4 Å². The van der Waals surface area contributed by atoms with Crippen LogP contribution in [0.2, 0.25) is 0 Å². The number of pyridine rings is 1. The van der Waals surface area contributed by atoms with Crippen molar-refractivity contribution < 1.29 is 13.5 Å². The molecule has 0 amide bonds. The lowest BCUT2D eigenvalue weighted by atomic mass is 10.1. The maximum Gasteiger partial charge on any atom is 0.162 e. The first kappa shape index (κ1) is 20.6. The highest BCUT2D eigenvalue weighted by Gasteiger charge is 2.28. The maximum atomic E-state index is 13.3. The Bertz CT molecular complexity index is 1220. The number of aromatic amines is 1. The number of ether oxygens (including phenoxy) is 1. The number of nitrogens with one attached hydrogen (secondary N) is 1. The van der Waals surface area contributed by atoms with Crippen molar-refractivity contribution in [2.24, 2.45) is 0 Å². The number of rotatable bonds is 7. The first-order valence-electron chi connectivity index (χ1n) is 10.9. The first-order valence-corrected chi connectivity index (χ1v) is 10.9. The summed E-state index contributed by atoms with van der Waals surface area (Å²) in [6.07, 6.45) is 4.68. The molecule has 1 aliphatic heterocycles. The molecule has 1 N–H and O–H groups in total.